The number of benzene rings is 1. The highest BCUT2D eigenvalue weighted by Crippen LogP contribution is 2.13. The quantitative estimate of drug-likeness (QED) is 0.632. The molecule has 0 amide bonds. The van der Waals surface area contributed by atoms with E-state index >= 15 is 0 Å². The molecule has 0 saturated carbocycles. The maximum Gasteiger partial charge on any atom is 0.347 e. The van der Waals surface area contributed by atoms with E-state index in [-0.39, 0.29) is 12.2 Å². The average molecular weight is 237 g/mol. The molecule has 0 fully saturated rings. The van der Waals surface area contributed by atoms with Crippen LogP contribution in [0, 0.1) is 0 Å². The lowest BCUT2D eigenvalue weighted by Crippen LogP contribution is -2.26. The summed E-state index contributed by atoms with van der Waals surface area (Å²) >= 11 is 0. The fraction of sp³-hybridized carbons (Fsp3) is 0.333. The predicted molar refractivity (Wildman–Crippen MR) is 62.4 cm³/mol. The third-order valence-electron chi connectivity index (χ3n) is 2.08. The Morgan fingerprint density at radius 3 is 2.59 bits per heavy atom. The normalized spacial score (nSPS) is 11.6. The topological polar surface area (TPSA) is 78.6 Å². The van der Waals surface area contributed by atoms with E-state index in [1.807, 2.05) is 0 Å². The maximum absolute atomic E-state index is 11.7. The van der Waals surface area contributed by atoms with Gasteiger partial charge in [0, 0.05) is 5.69 Å². The average Bonchev–Trinajstić information content (AvgIpc) is 2.29. The van der Waals surface area contributed by atoms with E-state index in [9.17, 15) is 9.59 Å². The summed E-state index contributed by atoms with van der Waals surface area (Å²) in [5.74, 6) is -1.21. The number of nitrogens with two attached hydrogens (primary N) is 1. The third-order valence-corrected chi connectivity index (χ3v) is 2.08. The molecule has 1 atom stereocenters. The van der Waals surface area contributed by atoms with Crippen molar-refractivity contribution in [2.45, 2.75) is 20.0 Å². The molecule has 0 radical (unpaired) electrons. The molecule has 1 aromatic carbocycles. The van der Waals surface area contributed by atoms with Crippen LogP contribution >= 0.6 is 0 Å². The van der Waals surface area contributed by atoms with Gasteiger partial charge in [-0.3, -0.25) is 0 Å². The number of rotatable bonds is 4. The summed E-state index contributed by atoms with van der Waals surface area (Å²) in [4.78, 5) is 22.9. The number of hydrogen-bond donors (Lipinski definition) is 1. The van der Waals surface area contributed by atoms with E-state index in [0.717, 1.165) is 0 Å². The van der Waals surface area contributed by atoms with Crippen molar-refractivity contribution in [1.82, 2.24) is 0 Å². The van der Waals surface area contributed by atoms with Crippen molar-refractivity contribution in [2.24, 2.45) is 0 Å². The monoisotopic (exact) mass is 237 g/mol. The third kappa shape index (κ3) is 3.48. The Balaban J connectivity index is 2.67. The molecule has 1 unspecified atom stereocenters. The van der Waals surface area contributed by atoms with Crippen LogP contribution in [0.2, 0.25) is 0 Å². The van der Waals surface area contributed by atoms with Crippen molar-refractivity contribution in [3.8, 4) is 0 Å². The van der Waals surface area contributed by atoms with E-state index in [4.69, 9.17) is 15.2 Å². The minimum absolute atomic E-state index is 0.239. The standard InChI is InChI=1S/C12H15NO4/c1-3-16-11(14)8(2)17-12(15)9-6-4-5-7-10(9)13/h4-8H,3,13H2,1-2H3. The van der Waals surface area contributed by atoms with Crippen LogP contribution < -0.4 is 5.73 Å². The number of ether oxygens (including phenoxy) is 2. The van der Waals surface area contributed by atoms with E-state index in [1.165, 1.54) is 13.0 Å². The van der Waals surface area contributed by atoms with Crippen molar-refractivity contribution in [1.29, 1.82) is 0 Å². The molecule has 0 aromatic heterocycles. The highest BCUT2D eigenvalue weighted by Gasteiger charge is 2.20. The molecule has 2 N–H and O–H groups in total. The molecule has 0 heterocycles. The fourth-order valence-electron chi connectivity index (χ4n) is 1.21. The van der Waals surface area contributed by atoms with Gasteiger partial charge in [-0.15, -0.1) is 0 Å². The Kier molecular flexibility index (Phi) is 4.51. The van der Waals surface area contributed by atoms with Crippen LogP contribution in [0.1, 0.15) is 24.2 Å². The number of anilines is 1. The van der Waals surface area contributed by atoms with Gasteiger partial charge in [-0.25, -0.2) is 9.59 Å². The number of nitrogen functional groups attached to an aromatic ring is 1. The number of para-hydroxylation sites is 1. The first-order valence-electron chi connectivity index (χ1n) is 5.28. The van der Waals surface area contributed by atoms with Crippen LogP contribution in [0.4, 0.5) is 5.69 Å². The maximum atomic E-state index is 11.7. The Hall–Kier alpha value is -2.04. The molecule has 1 aromatic rings. The van der Waals surface area contributed by atoms with Crippen LogP contribution in [0.25, 0.3) is 0 Å². The van der Waals surface area contributed by atoms with Gasteiger partial charge in [0.05, 0.1) is 12.2 Å². The van der Waals surface area contributed by atoms with Gasteiger partial charge in [-0.1, -0.05) is 12.1 Å². The van der Waals surface area contributed by atoms with Gasteiger partial charge in [-0.2, -0.15) is 0 Å². The van der Waals surface area contributed by atoms with Gasteiger partial charge in [0.1, 0.15) is 0 Å². The van der Waals surface area contributed by atoms with E-state index < -0.39 is 18.0 Å². The van der Waals surface area contributed by atoms with Crippen molar-refractivity contribution in [2.75, 3.05) is 12.3 Å². The van der Waals surface area contributed by atoms with E-state index in [0.29, 0.717) is 5.69 Å². The van der Waals surface area contributed by atoms with Gasteiger partial charge in [0.15, 0.2) is 6.10 Å². The second kappa shape index (κ2) is 5.89. The SMILES string of the molecule is CCOC(=O)C(C)OC(=O)c1ccccc1N. The van der Waals surface area contributed by atoms with Crippen molar-refractivity contribution >= 4 is 17.6 Å². The largest absolute Gasteiger partial charge is 0.463 e. The lowest BCUT2D eigenvalue weighted by atomic mass is 10.2. The Labute approximate surface area is 99.5 Å². The molecule has 17 heavy (non-hydrogen) atoms. The van der Waals surface area contributed by atoms with Crippen LogP contribution in [-0.2, 0) is 14.3 Å². The van der Waals surface area contributed by atoms with Crippen molar-refractivity contribution < 1.29 is 19.1 Å². The summed E-state index contributed by atoms with van der Waals surface area (Å²) in [6.45, 7) is 3.38. The first-order chi connectivity index (χ1) is 8.06. The summed E-state index contributed by atoms with van der Waals surface area (Å²) in [7, 11) is 0. The van der Waals surface area contributed by atoms with Gasteiger partial charge in [0.25, 0.3) is 0 Å². The van der Waals surface area contributed by atoms with Crippen molar-refractivity contribution in [3.63, 3.8) is 0 Å². The highest BCUT2D eigenvalue weighted by atomic mass is 16.6. The predicted octanol–water partition coefficient (Wildman–Crippen LogP) is 1.38. The molecular weight excluding hydrogens is 222 g/mol. The molecule has 1 rings (SSSR count). The van der Waals surface area contributed by atoms with Gasteiger partial charge < -0.3 is 15.2 Å². The molecule has 5 nitrogen and oxygen atoms in total. The van der Waals surface area contributed by atoms with Crippen LogP contribution in [0.5, 0.6) is 0 Å². The molecular formula is C12H15NO4. The molecule has 0 aliphatic carbocycles. The molecule has 0 aliphatic heterocycles. The lowest BCUT2D eigenvalue weighted by Gasteiger charge is -2.12. The minimum Gasteiger partial charge on any atom is -0.463 e. The summed E-state index contributed by atoms with van der Waals surface area (Å²) in [5.41, 5.74) is 6.17. The second-order valence-corrected chi connectivity index (χ2v) is 3.39. The fourth-order valence-corrected chi connectivity index (χ4v) is 1.21. The van der Waals surface area contributed by atoms with Crippen molar-refractivity contribution in [3.05, 3.63) is 29.8 Å². The van der Waals surface area contributed by atoms with Gasteiger partial charge >= 0.3 is 11.9 Å². The first kappa shape index (κ1) is 13.0. The minimum atomic E-state index is -0.943. The zero-order chi connectivity index (χ0) is 12.8. The number of esters is 2. The Bertz CT molecular complexity index is 417. The highest BCUT2D eigenvalue weighted by molar-refractivity contribution is 5.96. The number of hydrogen-bond acceptors (Lipinski definition) is 5. The zero-order valence-electron chi connectivity index (χ0n) is 9.80. The summed E-state index contributed by atoms with van der Waals surface area (Å²) in [6.07, 6.45) is -0.943. The van der Waals surface area contributed by atoms with E-state index in [1.54, 1.807) is 25.1 Å². The summed E-state index contributed by atoms with van der Waals surface area (Å²) in [5, 5.41) is 0. The Morgan fingerprint density at radius 1 is 1.35 bits per heavy atom. The van der Waals surface area contributed by atoms with Crippen LogP contribution in [-0.4, -0.2) is 24.6 Å². The molecule has 0 saturated heterocycles. The molecule has 0 aliphatic rings. The number of carbonyl (C=O) groups is 2. The zero-order valence-corrected chi connectivity index (χ0v) is 9.80. The first-order valence-corrected chi connectivity index (χ1v) is 5.28. The second-order valence-electron chi connectivity index (χ2n) is 3.39. The number of carbonyl (C=O) groups excluding carboxylic acids is 2. The summed E-state index contributed by atoms with van der Waals surface area (Å²) in [6, 6.07) is 6.50. The molecule has 0 spiro atoms. The molecule has 5 heteroatoms. The molecule has 0 bridgehead atoms. The van der Waals surface area contributed by atoms with Crippen LogP contribution in [0.3, 0.4) is 0 Å². The Morgan fingerprint density at radius 2 is 2.00 bits per heavy atom. The van der Waals surface area contributed by atoms with Gasteiger partial charge in [0.2, 0.25) is 0 Å². The van der Waals surface area contributed by atoms with Crippen LogP contribution in [0.15, 0.2) is 24.3 Å². The van der Waals surface area contributed by atoms with Gasteiger partial charge in [-0.05, 0) is 26.0 Å². The summed E-state index contributed by atoms with van der Waals surface area (Å²) < 4.78 is 9.66. The molecule has 92 valence electrons. The smallest absolute Gasteiger partial charge is 0.347 e. The lowest BCUT2D eigenvalue weighted by molar-refractivity contribution is -0.152. The van der Waals surface area contributed by atoms with E-state index in [2.05, 4.69) is 0 Å².